The first-order chi connectivity index (χ1) is 17.7. The maximum atomic E-state index is 13.4. The third-order valence-corrected chi connectivity index (χ3v) is 7.47. The maximum absolute atomic E-state index is 13.4. The molecule has 9 heteroatoms. The summed E-state index contributed by atoms with van der Waals surface area (Å²) in [5, 5.41) is 4.08. The van der Waals surface area contributed by atoms with E-state index in [1.54, 1.807) is 17.7 Å². The number of anilines is 1. The molecule has 9 nitrogen and oxygen atoms in total. The number of carbonyl (C=O) groups is 1. The second-order valence-electron chi connectivity index (χ2n) is 11.4. The van der Waals surface area contributed by atoms with Gasteiger partial charge in [-0.25, -0.2) is 9.78 Å². The van der Waals surface area contributed by atoms with Crippen molar-refractivity contribution >= 4 is 22.9 Å². The van der Waals surface area contributed by atoms with E-state index in [4.69, 9.17) is 9.51 Å². The average Bonchev–Trinajstić information content (AvgIpc) is 3.48. The number of hydrogen-bond donors (Lipinski definition) is 0. The lowest BCUT2D eigenvalue weighted by atomic mass is 9.90. The van der Waals surface area contributed by atoms with Crippen molar-refractivity contribution in [2.75, 3.05) is 18.0 Å². The van der Waals surface area contributed by atoms with E-state index in [0.717, 1.165) is 29.7 Å². The van der Waals surface area contributed by atoms with Crippen LogP contribution in [0.3, 0.4) is 0 Å². The van der Waals surface area contributed by atoms with E-state index in [1.807, 2.05) is 51.9 Å². The van der Waals surface area contributed by atoms with Crippen LogP contribution in [0.25, 0.3) is 22.5 Å². The molecule has 3 aliphatic rings. The Morgan fingerprint density at radius 1 is 1.05 bits per heavy atom. The highest BCUT2D eigenvalue weighted by atomic mass is 16.5. The van der Waals surface area contributed by atoms with Crippen molar-refractivity contribution in [2.45, 2.75) is 52.2 Å². The minimum atomic E-state index is -0.0923. The van der Waals surface area contributed by atoms with E-state index in [9.17, 15) is 9.59 Å². The highest BCUT2D eigenvalue weighted by Crippen LogP contribution is 2.34. The molecule has 1 aromatic carbocycles. The Morgan fingerprint density at radius 2 is 1.81 bits per heavy atom. The summed E-state index contributed by atoms with van der Waals surface area (Å²) in [6.07, 6.45) is 1.94. The van der Waals surface area contributed by atoms with Gasteiger partial charge in [-0.3, -0.25) is 13.9 Å². The van der Waals surface area contributed by atoms with E-state index in [2.05, 4.69) is 30.8 Å². The Labute approximate surface area is 215 Å². The van der Waals surface area contributed by atoms with E-state index in [-0.39, 0.29) is 29.1 Å². The van der Waals surface area contributed by atoms with Gasteiger partial charge in [0.2, 0.25) is 0 Å². The lowest BCUT2D eigenvalue weighted by Gasteiger charge is -2.51. The molecule has 2 atom stereocenters. The molecular formula is C28H32N6O3. The molecule has 1 amide bonds. The van der Waals surface area contributed by atoms with Crippen molar-refractivity contribution in [2.24, 2.45) is 12.5 Å². The number of benzene rings is 1. The largest absolute Gasteiger partial charge is 0.355 e. The molecule has 2 unspecified atom stereocenters. The number of rotatable bonds is 4. The molecular weight excluding hydrogens is 468 g/mol. The molecule has 2 bridgehead atoms. The molecule has 0 aliphatic carbocycles. The number of imidazole rings is 1. The van der Waals surface area contributed by atoms with Crippen molar-refractivity contribution in [3.63, 3.8) is 0 Å². The maximum Gasteiger partial charge on any atom is 0.330 e. The molecule has 3 aliphatic heterocycles. The summed E-state index contributed by atoms with van der Waals surface area (Å²) in [6, 6.07) is 15.7. The smallest absolute Gasteiger partial charge is 0.330 e. The van der Waals surface area contributed by atoms with Crippen LogP contribution in [-0.4, -0.2) is 55.3 Å². The molecule has 0 spiro atoms. The molecule has 192 valence electrons. The van der Waals surface area contributed by atoms with Crippen LogP contribution in [0.2, 0.25) is 0 Å². The van der Waals surface area contributed by atoms with Crippen LogP contribution in [0.5, 0.6) is 0 Å². The molecule has 37 heavy (non-hydrogen) atoms. The monoisotopic (exact) mass is 500 g/mol. The normalized spacial score (nSPS) is 19.7. The Morgan fingerprint density at radius 3 is 2.51 bits per heavy atom. The van der Waals surface area contributed by atoms with Gasteiger partial charge >= 0.3 is 5.69 Å². The third kappa shape index (κ3) is 4.12. The van der Waals surface area contributed by atoms with Gasteiger partial charge < -0.3 is 14.3 Å². The fourth-order valence-corrected chi connectivity index (χ4v) is 5.67. The lowest BCUT2D eigenvalue weighted by molar-refractivity contribution is 0.0494. The zero-order valence-electron chi connectivity index (χ0n) is 21.7. The van der Waals surface area contributed by atoms with Crippen LogP contribution in [0.1, 0.15) is 44.1 Å². The van der Waals surface area contributed by atoms with Crippen LogP contribution in [0.15, 0.2) is 57.8 Å². The van der Waals surface area contributed by atoms with Crippen molar-refractivity contribution < 1.29 is 9.32 Å². The fraction of sp³-hybridized carbons (Fsp3) is 0.429. The second-order valence-corrected chi connectivity index (χ2v) is 11.4. The fourth-order valence-electron chi connectivity index (χ4n) is 5.67. The molecule has 4 aromatic rings. The van der Waals surface area contributed by atoms with Crippen LogP contribution in [0, 0.1) is 5.41 Å². The number of hydrogen-bond acceptors (Lipinski definition) is 6. The van der Waals surface area contributed by atoms with Crippen molar-refractivity contribution in [1.82, 2.24) is 24.2 Å². The number of aromatic nitrogens is 4. The molecule has 3 aromatic heterocycles. The molecule has 0 radical (unpaired) electrons. The first-order valence-corrected chi connectivity index (χ1v) is 12.9. The molecule has 3 fully saturated rings. The Kier molecular flexibility index (Phi) is 5.47. The average molecular weight is 501 g/mol. The van der Waals surface area contributed by atoms with Gasteiger partial charge in [0.15, 0.2) is 17.1 Å². The van der Waals surface area contributed by atoms with E-state index in [0.29, 0.717) is 36.7 Å². The first kappa shape index (κ1) is 23.5. The van der Waals surface area contributed by atoms with Gasteiger partial charge in [0.05, 0.1) is 5.52 Å². The van der Waals surface area contributed by atoms with E-state index < -0.39 is 0 Å². The molecule has 3 saturated heterocycles. The summed E-state index contributed by atoms with van der Waals surface area (Å²) >= 11 is 0. The number of piperazine rings is 1. The predicted molar refractivity (Wildman–Crippen MR) is 142 cm³/mol. The van der Waals surface area contributed by atoms with Gasteiger partial charge in [0.25, 0.3) is 5.91 Å². The van der Waals surface area contributed by atoms with Gasteiger partial charge in [0, 0.05) is 50.4 Å². The number of nitrogens with zero attached hydrogens (tertiary/aromatic N) is 6. The number of piperidine rings is 2. The summed E-state index contributed by atoms with van der Waals surface area (Å²) in [7, 11) is 1.78. The number of carbonyl (C=O) groups excluding carboxylic acids is 1. The third-order valence-electron chi connectivity index (χ3n) is 7.47. The SMILES string of the molecule is Cn1c(=O)n(CC(C)(C)C)c2ccc(N3CC4CCC3CN4C(=O)c3cc(-c4ccccc4)on3)nc21. The standard InChI is InChI=1S/C28H32N6O3/c1-28(2,3)17-34-22-12-13-24(29-25(22)31(4)27(34)36)32-15-20-11-10-19(32)16-33(20)26(35)21-14-23(37-30-21)18-8-6-5-7-9-18/h5-9,12-14,19-20H,10-11,15-17H2,1-4H3. The topological polar surface area (TPSA) is 89.4 Å². The minimum absolute atomic E-state index is 0.0233. The summed E-state index contributed by atoms with van der Waals surface area (Å²) < 4.78 is 8.93. The summed E-state index contributed by atoms with van der Waals surface area (Å²) in [4.78, 5) is 35.5. The molecule has 6 heterocycles. The van der Waals surface area contributed by atoms with Crippen molar-refractivity contribution in [1.29, 1.82) is 0 Å². The lowest BCUT2D eigenvalue weighted by Crippen LogP contribution is -2.64. The first-order valence-electron chi connectivity index (χ1n) is 12.9. The van der Waals surface area contributed by atoms with Gasteiger partial charge in [-0.15, -0.1) is 0 Å². The Bertz CT molecular complexity index is 1530. The highest BCUT2D eigenvalue weighted by Gasteiger charge is 2.42. The number of aryl methyl sites for hydroxylation is 1. The number of fused-ring (bicyclic) bond motifs is 4. The van der Waals surface area contributed by atoms with Crippen LogP contribution in [-0.2, 0) is 13.6 Å². The summed E-state index contributed by atoms with van der Waals surface area (Å²) in [5.41, 5.74) is 2.71. The number of pyridine rings is 1. The van der Waals surface area contributed by atoms with Crippen LogP contribution >= 0.6 is 0 Å². The number of amides is 1. The minimum Gasteiger partial charge on any atom is -0.355 e. The highest BCUT2D eigenvalue weighted by molar-refractivity contribution is 5.93. The zero-order chi connectivity index (χ0) is 25.9. The summed E-state index contributed by atoms with van der Waals surface area (Å²) in [6.45, 7) is 8.32. The van der Waals surface area contributed by atoms with Crippen molar-refractivity contribution in [3.8, 4) is 11.3 Å². The second kappa shape index (κ2) is 8.61. The van der Waals surface area contributed by atoms with Crippen LogP contribution in [0.4, 0.5) is 5.82 Å². The van der Waals surface area contributed by atoms with Gasteiger partial charge in [-0.05, 0) is 30.4 Å². The molecule has 0 saturated carbocycles. The van der Waals surface area contributed by atoms with E-state index in [1.165, 1.54) is 0 Å². The zero-order valence-corrected chi connectivity index (χ0v) is 21.7. The van der Waals surface area contributed by atoms with Gasteiger partial charge in [-0.1, -0.05) is 56.3 Å². The van der Waals surface area contributed by atoms with E-state index >= 15 is 0 Å². The Balaban J connectivity index is 1.23. The molecule has 7 rings (SSSR count). The van der Waals surface area contributed by atoms with Crippen LogP contribution < -0.4 is 10.6 Å². The quantitative estimate of drug-likeness (QED) is 0.422. The summed E-state index contributed by atoms with van der Waals surface area (Å²) in [5.74, 6) is 1.35. The van der Waals surface area contributed by atoms with Gasteiger partial charge in [-0.2, -0.15) is 0 Å². The molecule has 0 N–H and O–H groups in total. The Hall–Kier alpha value is -3.88. The predicted octanol–water partition coefficient (Wildman–Crippen LogP) is 3.93. The van der Waals surface area contributed by atoms with Gasteiger partial charge in [0.1, 0.15) is 5.82 Å². The van der Waals surface area contributed by atoms with Crippen molar-refractivity contribution in [3.05, 3.63) is 64.7 Å².